The predicted octanol–water partition coefficient (Wildman–Crippen LogP) is 5.39. The van der Waals surface area contributed by atoms with Gasteiger partial charge in [-0.25, -0.2) is 0 Å². The van der Waals surface area contributed by atoms with E-state index in [1.807, 2.05) is 54.6 Å². The summed E-state index contributed by atoms with van der Waals surface area (Å²) in [6, 6.07) is 24.3. The van der Waals surface area contributed by atoms with Crippen molar-refractivity contribution in [1.82, 2.24) is 4.57 Å². The lowest BCUT2D eigenvalue weighted by Crippen LogP contribution is -2.08. The molecule has 4 rings (SSSR count). The largest absolute Gasteiger partial charge is 0.481 e. The van der Waals surface area contributed by atoms with Gasteiger partial charge in [-0.3, -0.25) is 9.59 Å². The predicted molar refractivity (Wildman–Crippen MR) is 127 cm³/mol. The number of amides is 1. The number of fused-ring (bicyclic) bond motifs is 1. The number of carbonyl (C=O) groups is 2. The number of nitrogens with zero attached hydrogens (tertiary/aromatic N) is 1. The number of aryl methyl sites for hydroxylation is 3. The molecule has 0 unspecified atom stereocenters. The molecule has 0 fully saturated rings. The minimum atomic E-state index is -0.795. The lowest BCUT2D eigenvalue weighted by molar-refractivity contribution is -0.137. The maximum atomic E-state index is 11.7. The summed E-state index contributed by atoms with van der Waals surface area (Å²) in [5, 5.41) is 13.1. The number of para-hydroxylation sites is 2. The van der Waals surface area contributed by atoms with Crippen molar-refractivity contribution < 1.29 is 14.7 Å². The minimum Gasteiger partial charge on any atom is -0.481 e. The highest BCUT2D eigenvalue weighted by molar-refractivity contribution is 5.93. The van der Waals surface area contributed by atoms with Crippen LogP contribution < -0.4 is 5.32 Å². The molecule has 162 valence electrons. The van der Waals surface area contributed by atoms with E-state index in [1.54, 1.807) is 0 Å². The van der Waals surface area contributed by atoms with Gasteiger partial charge >= 0.3 is 5.97 Å². The van der Waals surface area contributed by atoms with Crippen LogP contribution in [-0.2, 0) is 28.9 Å². The van der Waals surface area contributed by atoms with Crippen molar-refractivity contribution in [3.8, 4) is 5.69 Å². The van der Waals surface area contributed by atoms with E-state index in [0.29, 0.717) is 6.42 Å². The summed E-state index contributed by atoms with van der Waals surface area (Å²) in [4.78, 5) is 22.8. The molecule has 1 aromatic heterocycles. The van der Waals surface area contributed by atoms with Crippen LogP contribution in [0, 0.1) is 0 Å². The highest BCUT2D eigenvalue weighted by Gasteiger charge is 2.14. The van der Waals surface area contributed by atoms with Crippen LogP contribution in [0.1, 0.15) is 30.0 Å². The van der Waals surface area contributed by atoms with E-state index >= 15 is 0 Å². The van der Waals surface area contributed by atoms with E-state index in [9.17, 15) is 9.59 Å². The third-order valence-electron chi connectivity index (χ3n) is 5.58. The first-order chi connectivity index (χ1) is 15.5. The molecule has 0 atom stereocenters. The van der Waals surface area contributed by atoms with E-state index in [1.165, 1.54) is 18.1 Å². The summed E-state index contributed by atoms with van der Waals surface area (Å²) in [5.74, 6) is -0.912. The fraction of sp³-hybridized carbons (Fsp3) is 0.185. The second kappa shape index (κ2) is 9.52. The second-order valence-corrected chi connectivity index (χ2v) is 7.95. The van der Waals surface area contributed by atoms with Crippen molar-refractivity contribution in [2.45, 2.75) is 32.6 Å². The van der Waals surface area contributed by atoms with Gasteiger partial charge in [-0.1, -0.05) is 48.5 Å². The molecule has 0 saturated heterocycles. The average Bonchev–Trinajstić information content (AvgIpc) is 3.15. The molecular formula is C27H26N2O3. The van der Waals surface area contributed by atoms with Gasteiger partial charge < -0.3 is 15.0 Å². The van der Waals surface area contributed by atoms with Crippen molar-refractivity contribution in [3.63, 3.8) is 0 Å². The summed E-state index contributed by atoms with van der Waals surface area (Å²) in [5.41, 5.74) is 6.16. The van der Waals surface area contributed by atoms with E-state index in [4.69, 9.17) is 5.11 Å². The van der Waals surface area contributed by atoms with Crippen LogP contribution in [0.4, 0.5) is 5.69 Å². The fourth-order valence-corrected chi connectivity index (χ4v) is 4.05. The van der Waals surface area contributed by atoms with Gasteiger partial charge in [-0.2, -0.15) is 0 Å². The molecule has 0 aliphatic heterocycles. The van der Waals surface area contributed by atoms with Crippen LogP contribution in [0.3, 0.4) is 0 Å². The van der Waals surface area contributed by atoms with E-state index in [0.717, 1.165) is 40.7 Å². The van der Waals surface area contributed by atoms with Gasteiger partial charge in [0.25, 0.3) is 0 Å². The monoisotopic (exact) mass is 426 g/mol. The van der Waals surface area contributed by atoms with Crippen LogP contribution in [0.5, 0.6) is 0 Å². The lowest BCUT2D eigenvalue weighted by Gasteiger charge is -2.12. The first kappa shape index (κ1) is 21.4. The first-order valence-corrected chi connectivity index (χ1v) is 10.8. The van der Waals surface area contributed by atoms with Gasteiger partial charge in [0, 0.05) is 24.9 Å². The maximum absolute atomic E-state index is 11.7. The van der Waals surface area contributed by atoms with Gasteiger partial charge in [0.1, 0.15) is 0 Å². The summed E-state index contributed by atoms with van der Waals surface area (Å²) in [6.45, 7) is 1.50. The van der Waals surface area contributed by atoms with Gasteiger partial charge in [0.2, 0.25) is 5.91 Å². The van der Waals surface area contributed by atoms with Crippen molar-refractivity contribution in [2.24, 2.45) is 0 Å². The Balaban J connectivity index is 1.78. The Morgan fingerprint density at radius 1 is 0.875 bits per heavy atom. The fourth-order valence-electron chi connectivity index (χ4n) is 4.05. The number of carboxylic acids is 1. The summed E-state index contributed by atoms with van der Waals surface area (Å²) < 4.78 is 2.11. The molecule has 1 heterocycles. The number of aromatic nitrogens is 1. The zero-order valence-corrected chi connectivity index (χ0v) is 18.0. The second-order valence-electron chi connectivity index (χ2n) is 7.95. The number of hydrogen-bond donors (Lipinski definition) is 2. The summed E-state index contributed by atoms with van der Waals surface area (Å²) >= 11 is 0. The van der Waals surface area contributed by atoms with Crippen LogP contribution in [0.25, 0.3) is 16.6 Å². The number of nitrogens with one attached hydrogen (secondary N) is 1. The third-order valence-corrected chi connectivity index (χ3v) is 5.58. The molecule has 0 aliphatic rings. The molecule has 2 N–H and O–H groups in total. The molecule has 0 spiro atoms. The molecule has 5 nitrogen and oxygen atoms in total. The Morgan fingerprint density at radius 2 is 1.62 bits per heavy atom. The van der Waals surface area contributed by atoms with Crippen LogP contribution in [0.15, 0.2) is 79.0 Å². The quantitative estimate of drug-likeness (QED) is 0.397. The lowest BCUT2D eigenvalue weighted by atomic mass is 10.0. The molecule has 32 heavy (non-hydrogen) atoms. The van der Waals surface area contributed by atoms with Crippen LogP contribution in [-0.4, -0.2) is 21.6 Å². The SMILES string of the molecule is CC(=O)Nc1ccccc1-n1cc(CCc2ccccc2)c2cc(CCC(=O)O)ccc21. The average molecular weight is 427 g/mol. The van der Waals surface area contributed by atoms with Crippen molar-refractivity contribution >= 4 is 28.5 Å². The minimum absolute atomic E-state index is 0.108. The Bertz CT molecular complexity index is 1260. The highest BCUT2D eigenvalue weighted by atomic mass is 16.4. The van der Waals surface area contributed by atoms with Crippen molar-refractivity contribution in [2.75, 3.05) is 5.32 Å². The van der Waals surface area contributed by atoms with Crippen LogP contribution >= 0.6 is 0 Å². The smallest absolute Gasteiger partial charge is 0.303 e. The number of rotatable bonds is 8. The standard InChI is InChI=1S/C27H26N2O3/c1-19(30)28-24-9-5-6-10-26(24)29-18-22(14-11-20-7-3-2-4-8-20)23-17-21(12-15-25(23)29)13-16-27(31)32/h2-10,12,15,17-18H,11,13-14,16H2,1H3,(H,28,30)(H,31,32). The van der Waals surface area contributed by atoms with Crippen molar-refractivity contribution in [3.05, 3.63) is 95.7 Å². The molecule has 4 aromatic rings. The normalized spacial score (nSPS) is 10.9. The number of benzene rings is 3. The van der Waals surface area contributed by atoms with Gasteiger partial charge in [0.15, 0.2) is 0 Å². The molecule has 0 radical (unpaired) electrons. The Morgan fingerprint density at radius 3 is 2.38 bits per heavy atom. The summed E-state index contributed by atoms with van der Waals surface area (Å²) in [7, 11) is 0. The zero-order valence-electron chi connectivity index (χ0n) is 18.0. The molecule has 3 aromatic carbocycles. The molecule has 0 saturated carbocycles. The molecule has 0 aliphatic carbocycles. The maximum Gasteiger partial charge on any atom is 0.303 e. The molecule has 0 bridgehead atoms. The van der Waals surface area contributed by atoms with E-state index in [2.05, 4.69) is 34.3 Å². The van der Waals surface area contributed by atoms with Crippen LogP contribution in [0.2, 0.25) is 0 Å². The number of aliphatic carboxylic acids is 1. The summed E-state index contributed by atoms with van der Waals surface area (Å²) in [6.07, 6.45) is 4.51. The zero-order chi connectivity index (χ0) is 22.5. The van der Waals surface area contributed by atoms with Gasteiger partial charge in [0.05, 0.1) is 16.9 Å². The number of hydrogen-bond acceptors (Lipinski definition) is 2. The Labute approximate surface area is 187 Å². The number of carbonyl (C=O) groups excluding carboxylic acids is 1. The van der Waals surface area contributed by atoms with E-state index < -0.39 is 5.97 Å². The van der Waals surface area contributed by atoms with Gasteiger partial charge in [-0.05, 0) is 60.2 Å². The highest BCUT2D eigenvalue weighted by Crippen LogP contribution is 2.30. The molecule has 5 heteroatoms. The van der Waals surface area contributed by atoms with E-state index in [-0.39, 0.29) is 12.3 Å². The Hall–Kier alpha value is -3.86. The first-order valence-electron chi connectivity index (χ1n) is 10.8. The topological polar surface area (TPSA) is 71.3 Å². The number of anilines is 1. The van der Waals surface area contributed by atoms with Gasteiger partial charge in [-0.15, -0.1) is 0 Å². The number of carboxylic acid groups (broad SMARTS) is 1. The Kier molecular flexibility index (Phi) is 6.36. The van der Waals surface area contributed by atoms with Crippen molar-refractivity contribution in [1.29, 1.82) is 0 Å². The third kappa shape index (κ3) is 4.89. The molecule has 1 amide bonds. The molecular weight excluding hydrogens is 400 g/mol.